The van der Waals surface area contributed by atoms with E-state index in [1.807, 2.05) is 0 Å². The van der Waals surface area contributed by atoms with Crippen molar-refractivity contribution in [1.29, 1.82) is 0 Å². The first-order valence-corrected chi connectivity index (χ1v) is 3.48. The first-order chi connectivity index (χ1) is 5.27. The summed E-state index contributed by atoms with van der Waals surface area (Å²) in [5, 5.41) is 0. The Bertz CT molecular complexity index is 196. The Morgan fingerprint density at radius 1 is 1.73 bits per heavy atom. The van der Waals surface area contributed by atoms with E-state index in [1.165, 1.54) is 13.2 Å². The number of rotatable bonds is 2. The zero-order valence-corrected chi connectivity index (χ0v) is 6.32. The van der Waals surface area contributed by atoms with Crippen LogP contribution in [-0.4, -0.2) is 25.3 Å². The molecular formula is C8H10O3. The lowest BCUT2D eigenvalue weighted by molar-refractivity contribution is -0.126. The van der Waals surface area contributed by atoms with Crippen LogP contribution < -0.4 is 0 Å². The fourth-order valence-electron chi connectivity index (χ4n) is 1.08. The fraction of sp³-hybridized carbons (Fsp3) is 0.500. The van der Waals surface area contributed by atoms with Crippen LogP contribution in [0.3, 0.4) is 0 Å². The molecule has 1 aliphatic rings. The Kier molecular flexibility index (Phi) is 2.54. The Morgan fingerprint density at radius 2 is 2.45 bits per heavy atom. The van der Waals surface area contributed by atoms with E-state index in [9.17, 15) is 9.59 Å². The van der Waals surface area contributed by atoms with E-state index in [0.29, 0.717) is 6.42 Å². The van der Waals surface area contributed by atoms with Gasteiger partial charge in [-0.1, -0.05) is 6.08 Å². The van der Waals surface area contributed by atoms with Crippen LogP contribution in [0.5, 0.6) is 0 Å². The summed E-state index contributed by atoms with van der Waals surface area (Å²) in [6.07, 6.45) is 3.92. The van der Waals surface area contributed by atoms with E-state index in [-0.39, 0.29) is 11.7 Å². The third-order valence-corrected chi connectivity index (χ3v) is 1.77. The van der Waals surface area contributed by atoms with Crippen molar-refractivity contribution in [3.8, 4) is 0 Å². The standard InChI is InChI=1S/C8H10O3/c1-11-8-4-6(5-9)2-3-7(8)10/h2-3,5-6,8H,4H2,1H3. The van der Waals surface area contributed by atoms with Crippen LogP contribution in [0.15, 0.2) is 12.2 Å². The fourth-order valence-corrected chi connectivity index (χ4v) is 1.08. The molecule has 11 heavy (non-hydrogen) atoms. The summed E-state index contributed by atoms with van der Waals surface area (Å²) in [5.74, 6) is -0.205. The van der Waals surface area contributed by atoms with Crippen molar-refractivity contribution in [1.82, 2.24) is 0 Å². The van der Waals surface area contributed by atoms with Crippen molar-refractivity contribution >= 4 is 12.1 Å². The number of methoxy groups -OCH3 is 1. The molecule has 1 aliphatic carbocycles. The zero-order valence-electron chi connectivity index (χ0n) is 6.32. The normalized spacial score (nSPS) is 30.5. The van der Waals surface area contributed by atoms with Gasteiger partial charge in [0.25, 0.3) is 0 Å². The molecule has 0 aliphatic heterocycles. The molecule has 2 atom stereocenters. The number of aldehydes is 1. The summed E-state index contributed by atoms with van der Waals surface area (Å²) >= 11 is 0. The molecule has 0 radical (unpaired) electrons. The second-order valence-electron chi connectivity index (χ2n) is 2.52. The minimum absolute atomic E-state index is 0.0504. The lowest BCUT2D eigenvalue weighted by atomic mass is 9.94. The molecular weight excluding hydrogens is 144 g/mol. The third-order valence-electron chi connectivity index (χ3n) is 1.77. The quantitative estimate of drug-likeness (QED) is 0.539. The molecule has 3 nitrogen and oxygen atoms in total. The van der Waals surface area contributed by atoms with Gasteiger partial charge >= 0.3 is 0 Å². The monoisotopic (exact) mass is 154 g/mol. The predicted molar refractivity (Wildman–Crippen MR) is 39.1 cm³/mol. The molecule has 0 saturated carbocycles. The van der Waals surface area contributed by atoms with Crippen LogP contribution in [0.4, 0.5) is 0 Å². The minimum Gasteiger partial charge on any atom is -0.373 e. The lowest BCUT2D eigenvalue weighted by Gasteiger charge is -2.18. The van der Waals surface area contributed by atoms with Crippen LogP contribution in [-0.2, 0) is 14.3 Å². The Hall–Kier alpha value is -0.960. The molecule has 0 heterocycles. The predicted octanol–water partition coefficient (Wildman–Crippen LogP) is 0.345. The third kappa shape index (κ3) is 1.74. The summed E-state index contributed by atoms with van der Waals surface area (Å²) in [4.78, 5) is 21.3. The van der Waals surface area contributed by atoms with E-state index in [4.69, 9.17) is 4.74 Å². The number of hydrogen-bond acceptors (Lipinski definition) is 3. The number of carbonyl (C=O) groups excluding carboxylic acids is 2. The van der Waals surface area contributed by atoms with Crippen molar-refractivity contribution in [2.24, 2.45) is 5.92 Å². The highest BCUT2D eigenvalue weighted by Crippen LogP contribution is 2.15. The smallest absolute Gasteiger partial charge is 0.184 e. The van der Waals surface area contributed by atoms with Crippen LogP contribution >= 0.6 is 0 Å². The van der Waals surface area contributed by atoms with Crippen molar-refractivity contribution in [2.45, 2.75) is 12.5 Å². The molecule has 2 unspecified atom stereocenters. The highest BCUT2D eigenvalue weighted by atomic mass is 16.5. The topological polar surface area (TPSA) is 43.4 Å². The van der Waals surface area contributed by atoms with E-state index in [2.05, 4.69) is 0 Å². The first kappa shape index (κ1) is 8.14. The number of hydrogen-bond donors (Lipinski definition) is 0. The Balaban J connectivity index is 2.66. The molecule has 0 saturated heterocycles. The van der Waals surface area contributed by atoms with Crippen molar-refractivity contribution in [2.75, 3.05) is 7.11 Å². The molecule has 0 aromatic carbocycles. The van der Waals surface area contributed by atoms with Gasteiger partial charge in [0.05, 0.1) is 0 Å². The molecule has 0 aromatic rings. The van der Waals surface area contributed by atoms with E-state index in [0.717, 1.165) is 6.29 Å². The molecule has 0 amide bonds. The summed E-state index contributed by atoms with van der Waals surface area (Å²) in [5.41, 5.74) is 0. The van der Waals surface area contributed by atoms with Gasteiger partial charge in [-0.15, -0.1) is 0 Å². The number of allylic oxidation sites excluding steroid dienone is 1. The van der Waals surface area contributed by atoms with E-state index in [1.54, 1.807) is 6.08 Å². The van der Waals surface area contributed by atoms with Gasteiger partial charge in [-0.3, -0.25) is 4.79 Å². The van der Waals surface area contributed by atoms with Gasteiger partial charge < -0.3 is 9.53 Å². The minimum atomic E-state index is -0.421. The molecule has 0 aromatic heterocycles. The van der Waals surface area contributed by atoms with Crippen molar-refractivity contribution in [3.63, 3.8) is 0 Å². The molecule has 60 valence electrons. The van der Waals surface area contributed by atoms with Gasteiger partial charge in [0.2, 0.25) is 0 Å². The van der Waals surface area contributed by atoms with Gasteiger partial charge in [-0.25, -0.2) is 0 Å². The zero-order chi connectivity index (χ0) is 8.27. The molecule has 1 rings (SSSR count). The lowest BCUT2D eigenvalue weighted by Crippen LogP contribution is -2.27. The first-order valence-electron chi connectivity index (χ1n) is 3.48. The van der Waals surface area contributed by atoms with Gasteiger partial charge in [0, 0.05) is 13.0 Å². The maximum atomic E-state index is 11.0. The average Bonchev–Trinajstić information content (AvgIpc) is 2.05. The number of ether oxygens (including phenoxy) is 1. The summed E-state index contributed by atoms with van der Waals surface area (Å²) in [6.45, 7) is 0. The molecule has 0 fully saturated rings. The van der Waals surface area contributed by atoms with Crippen molar-refractivity contribution in [3.05, 3.63) is 12.2 Å². The molecule has 0 spiro atoms. The van der Waals surface area contributed by atoms with Gasteiger partial charge in [-0.2, -0.15) is 0 Å². The largest absolute Gasteiger partial charge is 0.373 e. The summed E-state index contributed by atoms with van der Waals surface area (Å²) < 4.78 is 4.88. The SMILES string of the molecule is COC1CC(C=O)C=CC1=O. The molecule has 0 N–H and O–H groups in total. The van der Waals surface area contributed by atoms with Gasteiger partial charge in [0.15, 0.2) is 5.78 Å². The second-order valence-corrected chi connectivity index (χ2v) is 2.52. The van der Waals surface area contributed by atoms with Crippen LogP contribution in [0, 0.1) is 5.92 Å². The highest BCUT2D eigenvalue weighted by molar-refractivity contribution is 5.95. The average molecular weight is 154 g/mol. The van der Waals surface area contributed by atoms with Crippen LogP contribution in [0.25, 0.3) is 0 Å². The van der Waals surface area contributed by atoms with Crippen LogP contribution in [0.2, 0.25) is 0 Å². The molecule has 0 bridgehead atoms. The maximum Gasteiger partial charge on any atom is 0.184 e. The van der Waals surface area contributed by atoms with Crippen LogP contribution in [0.1, 0.15) is 6.42 Å². The van der Waals surface area contributed by atoms with Gasteiger partial charge in [-0.05, 0) is 12.5 Å². The van der Waals surface area contributed by atoms with Gasteiger partial charge in [0.1, 0.15) is 12.4 Å². The maximum absolute atomic E-state index is 11.0. The van der Waals surface area contributed by atoms with E-state index >= 15 is 0 Å². The Labute approximate surface area is 65.0 Å². The summed E-state index contributed by atoms with van der Waals surface area (Å²) in [7, 11) is 1.48. The number of ketones is 1. The molecule has 3 heteroatoms. The highest BCUT2D eigenvalue weighted by Gasteiger charge is 2.23. The second kappa shape index (κ2) is 3.44. The Morgan fingerprint density at radius 3 is 3.00 bits per heavy atom. The van der Waals surface area contributed by atoms with Crippen molar-refractivity contribution < 1.29 is 14.3 Å². The number of carbonyl (C=O) groups is 2. The summed E-state index contributed by atoms with van der Waals surface area (Å²) in [6, 6.07) is 0. The van der Waals surface area contributed by atoms with E-state index < -0.39 is 6.10 Å².